The van der Waals surface area contributed by atoms with Gasteiger partial charge >= 0.3 is 6.36 Å². The lowest BCUT2D eigenvalue weighted by molar-refractivity contribution is -0.275. The summed E-state index contributed by atoms with van der Waals surface area (Å²) in [6.07, 6.45) is -2.96. The van der Waals surface area contributed by atoms with Crippen molar-refractivity contribution >= 4 is 5.82 Å². The highest BCUT2D eigenvalue weighted by atomic mass is 19.4. The Labute approximate surface area is 230 Å². The van der Waals surface area contributed by atoms with E-state index in [2.05, 4.69) is 24.9 Å². The third kappa shape index (κ3) is 6.49. The quantitative estimate of drug-likeness (QED) is 0.414. The number of anilines is 1. The SMILES string of the molecule is C[C@@H]1C[C@H](O)c2ncnc(N3CCN(C(O)[C@H](CNC4CCOCC4)c4ccc(OC(F)(F)F)c(F)c4)CC3)c21. The highest BCUT2D eigenvalue weighted by Gasteiger charge is 2.36. The van der Waals surface area contributed by atoms with Gasteiger partial charge in [0, 0.05) is 63.5 Å². The standard InChI is InChI=1S/C27H35F4N5O4/c1-16-12-21(37)24-23(16)25(34-15-33-24)35-6-8-36(9-7-35)26(38)19(14-32-18-4-10-39-11-5-18)17-2-3-22(20(28)13-17)40-27(29,30)31/h2-3,13,15-16,18-19,21,26,32,37-38H,4-12,14H2,1H3/t16-,19-,21+,26?/m1/s1. The molecule has 2 aliphatic heterocycles. The van der Waals surface area contributed by atoms with Crippen LogP contribution >= 0.6 is 0 Å². The van der Waals surface area contributed by atoms with Crippen LogP contribution in [-0.2, 0) is 4.74 Å². The Bertz CT molecular complexity index is 1160. The molecule has 40 heavy (non-hydrogen) atoms. The summed E-state index contributed by atoms with van der Waals surface area (Å²) >= 11 is 0. The monoisotopic (exact) mass is 569 g/mol. The summed E-state index contributed by atoms with van der Waals surface area (Å²) < 4.78 is 61.9. The zero-order chi connectivity index (χ0) is 28.4. The molecule has 0 saturated carbocycles. The predicted octanol–water partition coefficient (Wildman–Crippen LogP) is 3.05. The van der Waals surface area contributed by atoms with Crippen molar-refractivity contribution in [1.82, 2.24) is 20.2 Å². The number of nitrogens with one attached hydrogen (secondary N) is 1. The molecule has 1 unspecified atom stereocenters. The lowest BCUT2D eigenvalue weighted by Gasteiger charge is -2.41. The van der Waals surface area contributed by atoms with Gasteiger partial charge in [-0.15, -0.1) is 13.2 Å². The first kappa shape index (κ1) is 28.9. The lowest BCUT2D eigenvalue weighted by atomic mass is 9.94. The summed E-state index contributed by atoms with van der Waals surface area (Å²) in [5.74, 6) is -1.74. The topological polar surface area (TPSA) is 103 Å². The molecule has 2 fully saturated rings. The molecule has 1 aromatic heterocycles. The fourth-order valence-corrected chi connectivity index (χ4v) is 5.95. The average Bonchev–Trinajstić information content (AvgIpc) is 3.23. The Morgan fingerprint density at radius 3 is 2.55 bits per heavy atom. The molecule has 0 spiro atoms. The first-order chi connectivity index (χ1) is 19.1. The van der Waals surface area contributed by atoms with E-state index >= 15 is 0 Å². The number of nitrogens with zero attached hydrogens (tertiary/aromatic N) is 4. The number of piperazine rings is 1. The highest BCUT2D eigenvalue weighted by molar-refractivity contribution is 5.53. The van der Waals surface area contributed by atoms with Crippen molar-refractivity contribution in [3.63, 3.8) is 0 Å². The van der Waals surface area contributed by atoms with Crippen LogP contribution in [0.5, 0.6) is 5.75 Å². The minimum atomic E-state index is -5.01. The molecule has 3 heterocycles. The molecular formula is C27H35F4N5O4. The van der Waals surface area contributed by atoms with E-state index < -0.39 is 36.2 Å². The summed E-state index contributed by atoms with van der Waals surface area (Å²) in [5, 5.41) is 25.3. The summed E-state index contributed by atoms with van der Waals surface area (Å²) in [6.45, 7) is 5.69. The number of aromatic nitrogens is 2. The van der Waals surface area contributed by atoms with Gasteiger partial charge in [-0.3, -0.25) is 4.90 Å². The van der Waals surface area contributed by atoms with Gasteiger partial charge in [0.25, 0.3) is 0 Å². The number of halogens is 4. The number of alkyl halides is 3. The zero-order valence-corrected chi connectivity index (χ0v) is 22.3. The van der Waals surface area contributed by atoms with Crippen LogP contribution in [0, 0.1) is 5.82 Å². The van der Waals surface area contributed by atoms with E-state index in [9.17, 15) is 27.8 Å². The Morgan fingerprint density at radius 2 is 1.88 bits per heavy atom. The molecule has 4 atom stereocenters. The maximum atomic E-state index is 14.7. The van der Waals surface area contributed by atoms with Crippen LogP contribution in [0.4, 0.5) is 23.4 Å². The van der Waals surface area contributed by atoms with Gasteiger partial charge in [0.05, 0.1) is 11.8 Å². The summed E-state index contributed by atoms with van der Waals surface area (Å²) in [7, 11) is 0. The smallest absolute Gasteiger partial charge is 0.403 e. The Kier molecular flexibility index (Phi) is 8.76. The van der Waals surface area contributed by atoms with E-state index in [-0.39, 0.29) is 12.0 Å². The molecule has 1 aromatic carbocycles. The Hall–Kier alpha value is -2.58. The van der Waals surface area contributed by atoms with Crippen LogP contribution in [0.15, 0.2) is 24.5 Å². The third-order valence-electron chi connectivity index (χ3n) is 8.08. The second-order valence-corrected chi connectivity index (χ2v) is 10.7. The van der Waals surface area contributed by atoms with E-state index in [0.717, 1.165) is 36.4 Å². The van der Waals surface area contributed by atoms with Gasteiger partial charge in [0.1, 0.15) is 18.4 Å². The number of hydrogen-bond acceptors (Lipinski definition) is 9. The fraction of sp³-hybridized carbons (Fsp3) is 0.630. The van der Waals surface area contributed by atoms with Gasteiger partial charge in [0.2, 0.25) is 0 Å². The number of ether oxygens (including phenoxy) is 2. The number of rotatable bonds is 8. The minimum Gasteiger partial charge on any atom is -0.403 e. The van der Waals surface area contributed by atoms with E-state index in [1.54, 1.807) is 0 Å². The summed E-state index contributed by atoms with van der Waals surface area (Å²) in [4.78, 5) is 12.8. The minimum absolute atomic E-state index is 0.129. The molecule has 13 heteroatoms. The van der Waals surface area contributed by atoms with Crippen molar-refractivity contribution in [3.05, 3.63) is 47.2 Å². The first-order valence-corrected chi connectivity index (χ1v) is 13.7. The van der Waals surface area contributed by atoms with E-state index in [0.29, 0.717) is 63.6 Å². The number of aliphatic hydroxyl groups excluding tert-OH is 2. The highest BCUT2D eigenvalue weighted by Crippen LogP contribution is 2.43. The molecule has 5 rings (SSSR count). The second-order valence-electron chi connectivity index (χ2n) is 10.7. The predicted molar refractivity (Wildman–Crippen MR) is 137 cm³/mol. The fourth-order valence-electron chi connectivity index (χ4n) is 5.95. The van der Waals surface area contributed by atoms with Crippen molar-refractivity contribution in [2.24, 2.45) is 0 Å². The van der Waals surface area contributed by atoms with Crippen molar-refractivity contribution in [2.45, 2.75) is 62.8 Å². The van der Waals surface area contributed by atoms with Gasteiger partial charge in [-0.05, 0) is 42.9 Å². The van der Waals surface area contributed by atoms with E-state index in [4.69, 9.17) is 4.74 Å². The maximum Gasteiger partial charge on any atom is 0.573 e. The average molecular weight is 570 g/mol. The van der Waals surface area contributed by atoms with Gasteiger partial charge in [0.15, 0.2) is 11.6 Å². The van der Waals surface area contributed by atoms with Crippen LogP contribution in [0.25, 0.3) is 0 Å². The lowest BCUT2D eigenvalue weighted by Crippen LogP contribution is -2.53. The number of aliphatic hydroxyl groups is 2. The first-order valence-electron chi connectivity index (χ1n) is 13.7. The van der Waals surface area contributed by atoms with E-state index in [1.807, 2.05) is 11.8 Å². The van der Waals surface area contributed by atoms with Gasteiger partial charge in [-0.1, -0.05) is 13.0 Å². The van der Waals surface area contributed by atoms with Crippen LogP contribution in [-0.4, -0.2) is 89.7 Å². The molecule has 220 valence electrons. The molecule has 0 bridgehead atoms. The number of fused-ring (bicyclic) bond motifs is 1. The number of benzene rings is 1. The summed E-state index contributed by atoms with van der Waals surface area (Å²) in [5.41, 5.74) is 2.00. The molecule has 1 aliphatic carbocycles. The van der Waals surface area contributed by atoms with Crippen LogP contribution in [0.1, 0.15) is 60.9 Å². The van der Waals surface area contributed by atoms with Gasteiger partial charge < -0.3 is 29.9 Å². The molecule has 2 aromatic rings. The molecule has 9 nitrogen and oxygen atoms in total. The molecule has 0 radical (unpaired) electrons. The van der Waals surface area contributed by atoms with Crippen LogP contribution in [0.3, 0.4) is 0 Å². The van der Waals surface area contributed by atoms with Crippen molar-refractivity contribution < 1.29 is 37.2 Å². The number of hydrogen-bond donors (Lipinski definition) is 3. The molecular weight excluding hydrogens is 534 g/mol. The van der Waals surface area contributed by atoms with Gasteiger partial charge in [-0.25, -0.2) is 14.4 Å². The third-order valence-corrected chi connectivity index (χ3v) is 8.08. The zero-order valence-electron chi connectivity index (χ0n) is 22.3. The van der Waals surface area contributed by atoms with Gasteiger partial charge in [-0.2, -0.15) is 0 Å². The van der Waals surface area contributed by atoms with Crippen molar-refractivity contribution in [1.29, 1.82) is 0 Å². The largest absolute Gasteiger partial charge is 0.573 e. The maximum absolute atomic E-state index is 14.7. The van der Waals surface area contributed by atoms with Crippen LogP contribution < -0.4 is 15.0 Å². The van der Waals surface area contributed by atoms with E-state index in [1.165, 1.54) is 12.4 Å². The normalized spacial score (nSPS) is 24.1. The van der Waals surface area contributed by atoms with Crippen LogP contribution in [0.2, 0.25) is 0 Å². The Morgan fingerprint density at radius 1 is 1.15 bits per heavy atom. The molecule has 3 N–H and O–H groups in total. The second kappa shape index (κ2) is 12.1. The van der Waals surface area contributed by atoms with Crippen molar-refractivity contribution in [3.8, 4) is 5.75 Å². The van der Waals surface area contributed by atoms with Crippen molar-refractivity contribution in [2.75, 3.05) is 50.8 Å². The summed E-state index contributed by atoms with van der Waals surface area (Å²) in [6, 6.07) is 3.50. The Balaban J connectivity index is 1.30. The molecule has 2 saturated heterocycles. The molecule has 3 aliphatic rings. The molecule has 0 amide bonds.